The van der Waals surface area contributed by atoms with Crippen molar-refractivity contribution in [3.05, 3.63) is 0 Å². The average Bonchev–Trinajstić information content (AvgIpc) is 3.48. The first kappa shape index (κ1) is 24.0. The van der Waals surface area contributed by atoms with E-state index in [-0.39, 0.29) is 0 Å². The Morgan fingerprint density at radius 1 is 0.577 bits per heavy atom. The topological polar surface area (TPSA) is 15.8 Å². The lowest BCUT2D eigenvalue weighted by Gasteiger charge is -2.17. The summed E-state index contributed by atoms with van der Waals surface area (Å²) in [6.45, 7) is 9.33. The van der Waals surface area contributed by atoms with Crippen LogP contribution in [-0.4, -0.2) is 37.2 Å². The Hall–Kier alpha value is -0.0800. The minimum atomic E-state index is 0.646. The van der Waals surface area contributed by atoms with E-state index in [1.54, 1.807) is 0 Å². The lowest BCUT2D eigenvalue weighted by Crippen LogP contribution is -2.23. The summed E-state index contributed by atoms with van der Waals surface area (Å²) in [5, 5.41) is 0. The molecule has 0 aromatic heterocycles. The van der Waals surface area contributed by atoms with Gasteiger partial charge in [0, 0.05) is 0 Å². The minimum Gasteiger partial charge on any atom is -0.373 e. The molecule has 1 aliphatic rings. The van der Waals surface area contributed by atoms with Crippen molar-refractivity contribution >= 4 is 0 Å². The summed E-state index contributed by atoms with van der Waals surface area (Å²) in [6, 6.07) is 0. The lowest BCUT2D eigenvalue weighted by molar-refractivity contribution is 0.295. The zero-order chi connectivity index (χ0) is 18.7. The Bertz CT molecular complexity index is 273. The molecule has 0 N–H and O–H groups in total. The zero-order valence-corrected chi connectivity index (χ0v) is 18.3. The largest absolute Gasteiger partial charge is 0.373 e. The molecule has 1 unspecified atom stereocenters. The number of nitrogens with zero attached hydrogens (tertiary/aromatic N) is 1. The van der Waals surface area contributed by atoms with Crippen molar-refractivity contribution in [1.82, 2.24) is 4.90 Å². The second-order valence-corrected chi connectivity index (χ2v) is 8.43. The molecule has 2 nitrogen and oxygen atoms in total. The van der Waals surface area contributed by atoms with Gasteiger partial charge in [-0.05, 0) is 32.5 Å². The molecule has 0 saturated carbocycles. The van der Waals surface area contributed by atoms with Gasteiger partial charge in [0.25, 0.3) is 0 Å². The lowest BCUT2D eigenvalue weighted by atomic mass is 10.0. The fourth-order valence-corrected chi connectivity index (χ4v) is 3.96. The Morgan fingerprint density at radius 3 is 1.27 bits per heavy atom. The van der Waals surface area contributed by atoms with Gasteiger partial charge in [0.15, 0.2) is 0 Å². The molecule has 1 rings (SSSR count). The van der Waals surface area contributed by atoms with Gasteiger partial charge in [-0.1, -0.05) is 110 Å². The molecule has 0 aliphatic carbocycles. The molecular weight excluding hydrogens is 318 g/mol. The van der Waals surface area contributed by atoms with Crippen molar-refractivity contribution in [3.63, 3.8) is 0 Å². The maximum Gasteiger partial charge on any atom is 0.0810 e. The van der Waals surface area contributed by atoms with Crippen LogP contribution < -0.4 is 0 Å². The van der Waals surface area contributed by atoms with E-state index in [1.165, 1.54) is 129 Å². The third-order valence-corrected chi connectivity index (χ3v) is 6.05. The highest BCUT2D eigenvalue weighted by molar-refractivity contribution is 4.68. The third-order valence-electron chi connectivity index (χ3n) is 6.05. The van der Waals surface area contributed by atoms with Crippen LogP contribution in [0.4, 0.5) is 0 Å². The first-order valence-electron chi connectivity index (χ1n) is 12.2. The molecule has 0 radical (unpaired) electrons. The highest BCUT2D eigenvalue weighted by atomic mass is 16.6. The Morgan fingerprint density at radius 2 is 0.923 bits per heavy atom. The summed E-state index contributed by atoms with van der Waals surface area (Å²) >= 11 is 0. The van der Waals surface area contributed by atoms with Crippen molar-refractivity contribution in [2.45, 2.75) is 129 Å². The van der Waals surface area contributed by atoms with Gasteiger partial charge in [-0.2, -0.15) is 0 Å². The first-order chi connectivity index (χ1) is 12.9. The number of rotatable bonds is 21. The van der Waals surface area contributed by atoms with Crippen molar-refractivity contribution in [2.75, 3.05) is 26.2 Å². The van der Waals surface area contributed by atoms with E-state index in [2.05, 4.69) is 18.7 Å². The predicted octanol–water partition coefficient (Wildman–Crippen LogP) is 7.36. The molecule has 26 heavy (non-hydrogen) atoms. The van der Waals surface area contributed by atoms with Gasteiger partial charge in [-0.25, -0.2) is 0 Å². The molecule has 0 aromatic carbocycles. The SMILES string of the molecule is CCN(CC)CCCCCCCCCCCCCCCCCCC1CO1. The summed E-state index contributed by atoms with van der Waals surface area (Å²) in [5.41, 5.74) is 0. The molecule has 1 fully saturated rings. The second-order valence-electron chi connectivity index (χ2n) is 8.43. The summed E-state index contributed by atoms with van der Waals surface area (Å²) in [4.78, 5) is 2.55. The quantitative estimate of drug-likeness (QED) is 0.155. The molecule has 1 heterocycles. The molecule has 1 aliphatic heterocycles. The van der Waals surface area contributed by atoms with Gasteiger partial charge in [-0.3, -0.25) is 0 Å². The molecule has 0 amide bonds. The van der Waals surface area contributed by atoms with E-state index in [9.17, 15) is 0 Å². The molecule has 2 heteroatoms. The molecule has 0 aromatic rings. The van der Waals surface area contributed by atoms with Crippen LogP contribution in [0.3, 0.4) is 0 Å². The van der Waals surface area contributed by atoms with Gasteiger partial charge < -0.3 is 9.64 Å². The normalized spacial score (nSPS) is 16.5. The fourth-order valence-electron chi connectivity index (χ4n) is 3.96. The van der Waals surface area contributed by atoms with Gasteiger partial charge >= 0.3 is 0 Å². The van der Waals surface area contributed by atoms with Crippen molar-refractivity contribution in [1.29, 1.82) is 0 Å². The number of epoxide rings is 1. The first-order valence-corrected chi connectivity index (χ1v) is 12.2. The maximum absolute atomic E-state index is 5.25. The minimum absolute atomic E-state index is 0.646. The molecule has 156 valence electrons. The van der Waals surface area contributed by atoms with Crippen LogP contribution in [0.5, 0.6) is 0 Å². The van der Waals surface area contributed by atoms with E-state index >= 15 is 0 Å². The van der Waals surface area contributed by atoms with E-state index < -0.39 is 0 Å². The number of hydrogen-bond acceptors (Lipinski definition) is 2. The summed E-state index contributed by atoms with van der Waals surface area (Å²) in [6.07, 6.45) is 25.2. The van der Waals surface area contributed by atoms with Crippen molar-refractivity contribution in [2.24, 2.45) is 0 Å². The third kappa shape index (κ3) is 16.1. The van der Waals surface area contributed by atoms with Crippen LogP contribution in [0.2, 0.25) is 0 Å². The Kier molecular flexibility index (Phi) is 16.9. The smallest absolute Gasteiger partial charge is 0.0810 e. The summed E-state index contributed by atoms with van der Waals surface area (Å²) < 4.78 is 5.25. The van der Waals surface area contributed by atoms with E-state index in [1.807, 2.05) is 0 Å². The summed E-state index contributed by atoms with van der Waals surface area (Å²) in [7, 11) is 0. The van der Waals surface area contributed by atoms with Crippen LogP contribution in [0.25, 0.3) is 0 Å². The van der Waals surface area contributed by atoms with Crippen LogP contribution in [0.15, 0.2) is 0 Å². The van der Waals surface area contributed by atoms with Crippen molar-refractivity contribution in [3.8, 4) is 0 Å². The van der Waals surface area contributed by atoms with E-state index in [4.69, 9.17) is 4.74 Å². The van der Waals surface area contributed by atoms with E-state index in [0.717, 1.165) is 6.61 Å². The summed E-state index contributed by atoms with van der Waals surface area (Å²) in [5.74, 6) is 0. The molecule has 0 spiro atoms. The molecular formula is C24H49NO. The second kappa shape index (κ2) is 18.3. The number of unbranched alkanes of at least 4 members (excludes halogenated alkanes) is 15. The van der Waals surface area contributed by atoms with Crippen LogP contribution in [0.1, 0.15) is 123 Å². The molecule has 1 atom stereocenters. The van der Waals surface area contributed by atoms with Crippen molar-refractivity contribution < 1.29 is 4.74 Å². The standard InChI is InChI=1S/C24H49NO/c1-3-25(4-2)22-20-18-16-14-12-10-8-6-5-7-9-11-13-15-17-19-21-24-23-26-24/h24H,3-23H2,1-2H3. The van der Waals surface area contributed by atoms with Crippen LogP contribution >= 0.6 is 0 Å². The average molecular weight is 368 g/mol. The van der Waals surface area contributed by atoms with Gasteiger partial charge in [0.1, 0.15) is 0 Å². The van der Waals surface area contributed by atoms with Gasteiger partial charge in [-0.15, -0.1) is 0 Å². The maximum atomic E-state index is 5.25. The van der Waals surface area contributed by atoms with Gasteiger partial charge in [0.2, 0.25) is 0 Å². The van der Waals surface area contributed by atoms with Gasteiger partial charge in [0.05, 0.1) is 12.7 Å². The molecule has 1 saturated heterocycles. The number of hydrogen-bond donors (Lipinski definition) is 0. The highest BCUT2D eigenvalue weighted by Gasteiger charge is 2.20. The zero-order valence-electron chi connectivity index (χ0n) is 18.3. The van der Waals surface area contributed by atoms with E-state index in [0.29, 0.717) is 6.10 Å². The fraction of sp³-hybridized carbons (Fsp3) is 1.00. The predicted molar refractivity (Wildman–Crippen MR) is 116 cm³/mol. The van der Waals surface area contributed by atoms with Crippen LogP contribution in [-0.2, 0) is 4.74 Å². The Labute approximate surface area is 165 Å². The highest BCUT2D eigenvalue weighted by Crippen LogP contribution is 2.18. The van der Waals surface area contributed by atoms with Crippen LogP contribution in [0, 0.1) is 0 Å². The monoisotopic (exact) mass is 367 g/mol. The Balaban J connectivity index is 1.63. The molecule has 0 bridgehead atoms. The number of ether oxygens (including phenoxy) is 1.